The summed E-state index contributed by atoms with van der Waals surface area (Å²) in [5, 5.41) is 0. The van der Waals surface area contributed by atoms with Crippen molar-refractivity contribution in [3.8, 4) is 11.1 Å². The predicted octanol–water partition coefficient (Wildman–Crippen LogP) is 5.74. The van der Waals surface area contributed by atoms with Crippen molar-refractivity contribution < 1.29 is 18.6 Å². The Kier molecular flexibility index (Phi) is 6.55. The maximum absolute atomic E-state index is 6.30. The van der Waals surface area contributed by atoms with Gasteiger partial charge in [-0.1, -0.05) is 68.3 Å². The Morgan fingerprint density at radius 3 is 1.48 bits per heavy atom. The standard InChI is InChI=1S/C25H32B2Br2O4/c1-22(2)23(3,4)31-26(30-22)18-12-9-16(10-13-18)17-11-14-20(19(15-17)21(28)29)27-32-24(5,6)25(7,8)33-27/h9-15,21H,1-8H3. The Hall–Kier alpha value is -0.630. The highest BCUT2D eigenvalue weighted by atomic mass is 79.9. The fourth-order valence-electron chi connectivity index (χ4n) is 3.94. The van der Waals surface area contributed by atoms with E-state index in [9.17, 15) is 0 Å². The van der Waals surface area contributed by atoms with E-state index in [0.717, 1.165) is 27.6 Å². The van der Waals surface area contributed by atoms with Gasteiger partial charge >= 0.3 is 14.2 Å². The molecule has 0 amide bonds. The van der Waals surface area contributed by atoms with Crippen LogP contribution in [0.3, 0.4) is 0 Å². The molecule has 2 aromatic carbocycles. The summed E-state index contributed by atoms with van der Waals surface area (Å²) in [4.78, 5) is 0. The molecule has 176 valence electrons. The average Bonchev–Trinajstić information content (AvgIpc) is 3.07. The van der Waals surface area contributed by atoms with E-state index in [1.807, 2.05) is 0 Å². The smallest absolute Gasteiger partial charge is 0.399 e. The lowest BCUT2D eigenvalue weighted by molar-refractivity contribution is 0.00578. The molecule has 4 nitrogen and oxygen atoms in total. The SMILES string of the molecule is CC1(C)OB(c2ccc(-c3ccc(B4OC(C)(C)C(C)(C)O4)c(C(Br)Br)c3)cc2)OC1(C)C. The number of hydrogen-bond donors (Lipinski definition) is 0. The van der Waals surface area contributed by atoms with Gasteiger partial charge in [0.1, 0.15) is 0 Å². The third kappa shape index (κ3) is 4.64. The van der Waals surface area contributed by atoms with E-state index in [1.54, 1.807) is 0 Å². The lowest BCUT2D eigenvalue weighted by Gasteiger charge is -2.32. The zero-order valence-electron chi connectivity index (χ0n) is 20.7. The molecule has 8 heteroatoms. The highest BCUT2D eigenvalue weighted by Crippen LogP contribution is 2.39. The van der Waals surface area contributed by atoms with Gasteiger partial charge in [-0.3, -0.25) is 0 Å². The first kappa shape index (κ1) is 25.5. The van der Waals surface area contributed by atoms with Gasteiger partial charge < -0.3 is 18.6 Å². The number of rotatable bonds is 4. The molecule has 0 unspecified atom stereocenters. The zero-order valence-corrected chi connectivity index (χ0v) is 23.8. The topological polar surface area (TPSA) is 36.9 Å². The Morgan fingerprint density at radius 1 is 0.606 bits per heavy atom. The minimum absolute atomic E-state index is 0.0250. The quantitative estimate of drug-likeness (QED) is 0.343. The normalized spacial score (nSPS) is 22.9. The van der Waals surface area contributed by atoms with Crippen LogP contribution in [0.1, 0.15) is 64.7 Å². The van der Waals surface area contributed by atoms with Crippen molar-refractivity contribution in [2.45, 2.75) is 81.5 Å². The average molecular weight is 578 g/mol. The number of halogens is 2. The van der Waals surface area contributed by atoms with Gasteiger partial charge in [0.05, 0.1) is 26.1 Å². The molecule has 2 heterocycles. The molecule has 0 N–H and O–H groups in total. The largest absolute Gasteiger partial charge is 0.495 e. The molecule has 0 aliphatic carbocycles. The molecular weight excluding hydrogens is 546 g/mol. The second kappa shape index (κ2) is 8.49. The summed E-state index contributed by atoms with van der Waals surface area (Å²) < 4.78 is 25.0. The maximum atomic E-state index is 6.30. The molecular formula is C25H32B2Br2O4. The molecule has 4 rings (SSSR count). The summed E-state index contributed by atoms with van der Waals surface area (Å²) in [6.07, 6.45) is 0. The maximum Gasteiger partial charge on any atom is 0.495 e. The summed E-state index contributed by atoms with van der Waals surface area (Å²) >= 11 is 7.39. The fraction of sp³-hybridized carbons (Fsp3) is 0.520. The van der Waals surface area contributed by atoms with E-state index < -0.39 is 7.12 Å². The van der Waals surface area contributed by atoms with Crippen LogP contribution in [0, 0.1) is 0 Å². The number of alkyl halides is 2. The molecule has 0 radical (unpaired) electrons. The van der Waals surface area contributed by atoms with Gasteiger partial charge in [-0.05, 0) is 89.1 Å². The molecule has 2 aliphatic rings. The van der Waals surface area contributed by atoms with Crippen LogP contribution in [0.25, 0.3) is 11.1 Å². The lowest BCUT2D eigenvalue weighted by atomic mass is 9.75. The van der Waals surface area contributed by atoms with Gasteiger partial charge in [-0.2, -0.15) is 0 Å². The van der Waals surface area contributed by atoms with Crippen LogP contribution in [-0.2, 0) is 18.6 Å². The Balaban J connectivity index is 1.60. The van der Waals surface area contributed by atoms with Crippen molar-refractivity contribution in [3.05, 3.63) is 48.0 Å². The number of hydrogen-bond acceptors (Lipinski definition) is 4. The van der Waals surface area contributed by atoms with Gasteiger partial charge in [-0.25, -0.2) is 0 Å². The summed E-state index contributed by atoms with van der Waals surface area (Å²) in [7, 11) is -0.776. The van der Waals surface area contributed by atoms with Crippen molar-refractivity contribution in [3.63, 3.8) is 0 Å². The molecule has 0 aromatic heterocycles. The van der Waals surface area contributed by atoms with Gasteiger partial charge in [0.15, 0.2) is 0 Å². The molecule has 0 spiro atoms. The first-order valence-corrected chi connectivity index (χ1v) is 13.2. The first-order valence-electron chi connectivity index (χ1n) is 11.4. The van der Waals surface area contributed by atoms with Crippen LogP contribution in [0.5, 0.6) is 0 Å². The third-order valence-corrected chi connectivity index (χ3v) is 8.58. The fourth-order valence-corrected chi connectivity index (χ4v) is 4.73. The van der Waals surface area contributed by atoms with E-state index in [-0.39, 0.29) is 33.3 Å². The van der Waals surface area contributed by atoms with Crippen LogP contribution in [0.15, 0.2) is 42.5 Å². The highest BCUT2D eigenvalue weighted by molar-refractivity contribution is 9.24. The van der Waals surface area contributed by atoms with Gasteiger partial charge in [0.25, 0.3) is 0 Å². The third-order valence-electron chi connectivity index (χ3n) is 7.60. The van der Waals surface area contributed by atoms with Crippen LogP contribution in [0.2, 0.25) is 0 Å². The molecule has 2 aromatic rings. The highest BCUT2D eigenvalue weighted by Gasteiger charge is 2.53. The summed E-state index contributed by atoms with van der Waals surface area (Å²) in [6, 6.07) is 14.8. The molecule has 0 atom stereocenters. The minimum atomic E-state index is -0.414. The van der Waals surface area contributed by atoms with E-state index >= 15 is 0 Å². The van der Waals surface area contributed by atoms with Gasteiger partial charge in [0.2, 0.25) is 0 Å². The first-order chi connectivity index (χ1) is 15.1. The predicted molar refractivity (Wildman–Crippen MR) is 144 cm³/mol. The number of benzene rings is 2. The minimum Gasteiger partial charge on any atom is -0.399 e. The van der Waals surface area contributed by atoms with E-state index in [1.165, 1.54) is 0 Å². The van der Waals surface area contributed by atoms with E-state index in [4.69, 9.17) is 18.6 Å². The summed E-state index contributed by atoms with van der Waals surface area (Å²) in [6.45, 7) is 16.6. The lowest BCUT2D eigenvalue weighted by Crippen LogP contribution is -2.41. The molecule has 2 aliphatic heterocycles. The summed E-state index contributed by atoms with van der Waals surface area (Å²) in [5.41, 5.74) is 3.89. The van der Waals surface area contributed by atoms with Crippen molar-refractivity contribution in [2.24, 2.45) is 0 Å². The van der Waals surface area contributed by atoms with Gasteiger partial charge in [-0.15, -0.1) is 0 Å². The van der Waals surface area contributed by atoms with Crippen LogP contribution >= 0.6 is 31.9 Å². The van der Waals surface area contributed by atoms with E-state index in [0.29, 0.717) is 0 Å². The molecule has 2 fully saturated rings. The molecule has 0 bridgehead atoms. The van der Waals surface area contributed by atoms with Gasteiger partial charge in [0, 0.05) is 0 Å². The molecule has 2 saturated heterocycles. The summed E-state index contributed by atoms with van der Waals surface area (Å²) in [5.74, 6) is 0. The van der Waals surface area contributed by atoms with Crippen LogP contribution in [0.4, 0.5) is 0 Å². The van der Waals surface area contributed by atoms with E-state index in [2.05, 4.69) is 130 Å². The van der Waals surface area contributed by atoms with Crippen molar-refractivity contribution in [2.75, 3.05) is 0 Å². The Labute approximate surface area is 215 Å². The Bertz CT molecular complexity index is 1000. The second-order valence-corrected chi connectivity index (χ2v) is 14.0. The van der Waals surface area contributed by atoms with Crippen molar-refractivity contribution in [1.82, 2.24) is 0 Å². The second-order valence-electron chi connectivity index (χ2n) is 10.9. The van der Waals surface area contributed by atoms with Crippen molar-refractivity contribution >= 4 is 57.0 Å². The zero-order chi connectivity index (χ0) is 24.4. The monoisotopic (exact) mass is 576 g/mol. The van der Waals surface area contributed by atoms with Crippen LogP contribution in [-0.4, -0.2) is 36.6 Å². The molecule has 33 heavy (non-hydrogen) atoms. The van der Waals surface area contributed by atoms with Crippen molar-refractivity contribution in [1.29, 1.82) is 0 Å². The molecule has 0 saturated carbocycles. The van der Waals surface area contributed by atoms with Crippen LogP contribution < -0.4 is 10.9 Å². The Morgan fingerprint density at radius 2 is 1.03 bits per heavy atom.